The van der Waals surface area contributed by atoms with E-state index in [-0.39, 0.29) is 16.9 Å². The molecule has 3 heterocycles. The van der Waals surface area contributed by atoms with Crippen LogP contribution in [0.5, 0.6) is 0 Å². The van der Waals surface area contributed by atoms with Crippen LogP contribution in [0, 0.1) is 0 Å². The summed E-state index contributed by atoms with van der Waals surface area (Å²) in [6, 6.07) is 8.20. The topological polar surface area (TPSA) is 78.4 Å². The van der Waals surface area contributed by atoms with Crippen molar-refractivity contribution in [2.75, 3.05) is 29.9 Å². The van der Waals surface area contributed by atoms with Gasteiger partial charge in [-0.05, 0) is 68.6 Å². The fourth-order valence-electron chi connectivity index (χ4n) is 5.44. The van der Waals surface area contributed by atoms with Crippen LogP contribution < -0.4 is 10.2 Å². The van der Waals surface area contributed by atoms with Crippen LogP contribution in [0.4, 0.5) is 11.8 Å². The summed E-state index contributed by atoms with van der Waals surface area (Å²) in [7, 11) is -1.07. The fraction of sp³-hybridized carbons (Fsp3) is 0.583. The summed E-state index contributed by atoms with van der Waals surface area (Å²) < 4.78 is 13.2. The van der Waals surface area contributed by atoms with Crippen molar-refractivity contribution in [1.82, 2.24) is 9.97 Å². The molecule has 2 N–H and O–H groups in total. The number of aromatic nitrogens is 2. The van der Waals surface area contributed by atoms with Crippen LogP contribution in [0.1, 0.15) is 62.1 Å². The van der Waals surface area contributed by atoms with E-state index in [0.29, 0.717) is 11.7 Å². The van der Waals surface area contributed by atoms with Gasteiger partial charge in [0.1, 0.15) is 10.7 Å². The zero-order valence-electron chi connectivity index (χ0n) is 18.1. The Hall–Kier alpha value is -1.70. The molecule has 170 valence electrons. The lowest BCUT2D eigenvalue weighted by Gasteiger charge is -2.42. The van der Waals surface area contributed by atoms with E-state index in [4.69, 9.17) is 21.6 Å². The summed E-state index contributed by atoms with van der Waals surface area (Å²) in [6.07, 6.45) is 7.81. The van der Waals surface area contributed by atoms with Gasteiger partial charge in [0.2, 0.25) is 5.95 Å². The van der Waals surface area contributed by atoms with E-state index in [0.717, 1.165) is 86.0 Å². The van der Waals surface area contributed by atoms with Gasteiger partial charge >= 0.3 is 0 Å². The second-order valence-electron chi connectivity index (χ2n) is 10.0. The van der Waals surface area contributed by atoms with Crippen molar-refractivity contribution in [2.24, 2.45) is 0 Å². The highest BCUT2D eigenvalue weighted by Gasteiger charge is 2.56. The standard InChI is InChI=1S/C24H29ClN4O2S/c25-18-4-2-16(3-5-18)17-6-12-29(13-7-17)22-26-19-14-24(10-11-24)32(31)20(19)21(27-22)28-23(15-30)8-1-9-23/h2-5,17,30H,1,6-15H2,(H,26,27,28)/t32-/m1/s1. The quantitative estimate of drug-likeness (QED) is 0.683. The second kappa shape index (κ2) is 7.67. The Labute approximate surface area is 196 Å². The first kappa shape index (κ1) is 20.9. The third kappa shape index (κ3) is 3.44. The Morgan fingerprint density at radius 3 is 2.44 bits per heavy atom. The number of hydrogen-bond acceptors (Lipinski definition) is 6. The highest BCUT2D eigenvalue weighted by Crippen LogP contribution is 2.54. The summed E-state index contributed by atoms with van der Waals surface area (Å²) in [6.45, 7) is 1.86. The average molecular weight is 473 g/mol. The van der Waals surface area contributed by atoms with E-state index < -0.39 is 10.8 Å². The average Bonchev–Trinajstić information content (AvgIpc) is 3.51. The Morgan fingerprint density at radius 2 is 1.84 bits per heavy atom. The molecular formula is C24H29ClN4O2S. The van der Waals surface area contributed by atoms with Gasteiger partial charge in [0, 0.05) is 24.5 Å². The van der Waals surface area contributed by atoms with Crippen LogP contribution in [-0.2, 0) is 17.2 Å². The van der Waals surface area contributed by atoms with Crippen molar-refractivity contribution in [2.45, 2.75) is 72.5 Å². The summed E-state index contributed by atoms with van der Waals surface area (Å²) >= 11 is 6.05. The Kier molecular flexibility index (Phi) is 5.01. The number of rotatable bonds is 5. The number of aliphatic hydroxyl groups is 1. The van der Waals surface area contributed by atoms with Gasteiger partial charge in [-0.1, -0.05) is 23.7 Å². The number of nitrogens with zero attached hydrogens (tertiary/aromatic N) is 3. The monoisotopic (exact) mass is 472 g/mol. The minimum Gasteiger partial charge on any atom is -0.394 e. The van der Waals surface area contributed by atoms with Crippen molar-refractivity contribution >= 4 is 34.2 Å². The predicted octanol–water partition coefficient (Wildman–Crippen LogP) is 4.04. The second-order valence-corrected chi connectivity index (χ2v) is 12.3. The lowest BCUT2D eigenvalue weighted by Crippen LogP contribution is -2.49. The lowest BCUT2D eigenvalue weighted by atomic mass is 9.77. The number of anilines is 2. The van der Waals surface area contributed by atoms with Gasteiger partial charge in [-0.3, -0.25) is 4.21 Å². The smallest absolute Gasteiger partial charge is 0.227 e. The van der Waals surface area contributed by atoms with Gasteiger partial charge in [-0.15, -0.1) is 0 Å². The van der Waals surface area contributed by atoms with Crippen LogP contribution in [0.25, 0.3) is 0 Å². The zero-order valence-corrected chi connectivity index (χ0v) is 19.7. The van der Waals surface area contributed by atoms with Crippen molar-refractivity contribution in [3.8, 4) is 0 Å². The molecule has 2 aliphatic heterocycles. The van der Waals surface area contributed by atoms with Crippen molar-refractivity contribution < 1.29 is 9.32 Å². The largest absolute Gasteiger partial charge is 0.394 e. The summed E-state index contributed by atoms with van der Waals surface area (Å²) in [5.74, 6) is 1.95. The number of nitrogens with one attached hydrogen (secondary N) is 1. The minimum absolute atomic E-state index is 0.0748. The van der Waals surface area contributed by atoms with Crippen LogP contribution in [-0.4, -0.2) is 49.3 Å². The van der Waals surface area contributed by atoms with E-state index in [1.54, 1.807) is 0 Å². The first-order chi connectivity index (χ1) is 15.5. The summed E-state index contributed by atoms with van der Waals surface area (Å²) in [4.78, 5) is 12.9. The number of fused-ring (bicyclic) bond motifs is 1. The molecule has 2 aliphatic carbocycles. The molecule has 0 radical (unpaired) electrons. The molecule has 6 nitrogen and oxygen atoms in total. The maximum absolute atomic E-state index is 13.3. The molecule has 0 unspecified atom stereocenters. The van der Waals surface area contributed by atoms with E-state index in [1.807, 2.05) is 12.1 Å². The van der Waals surface area contributed by atoms with E-state index in [2.05, 4.69) is 22.3 Å². The normalized spacial score (nSPS) is 25.4. The predicted molar refractivity (Wildman–Crippen MR) is 127 cm³/mol. The van der Waals surface area contributed by atoms with Gasteiger partial charge in [-0.2, -0.15) is 4.98 Å². The van der Waals surface area contributed by atoms with Gasteiger partial charge in [0.15, 0.2) is 0 Å². The van der Waals surface area contributed by atoms with Gasteiger partial charge in [0.05, 0.1) is 33.4 Å². The molecule has 8 heteroatoms. The van der Waals surface area contributed by atoms with Crippen molar-refractivity contribution in [1.29, 1.82) is 0 Å². The Bertz CT molecular complexity index is 1050. The molecular weight excluding hydrogens is 444 g/mol. The molecule has 2 saturated carbocycles. The van der Waals surface area contributed by atoms with Crippen LogP contribution in [0.2, 0.25) is 5.02 Å². The number of aliphatic hydroxyl groups excluding tert-OH is 1. The molecule has 1 saturated heterocycles. The lowest BCUT2D eigenvalue weighted by molar-refractivity contribution is 0.143. The number of halogens is 1. The Balaban J connectivity index is 1.27. The molecule has 2 aromatic rings. The van der Waals surface area contributed by atoms with Gasteiger partial charge in [-0.25, -0.2) is 4.98 Å². The molecule has 32 heavy (non-hydrogen) atoms. The number of piperidine rings is 1. The van der Waals surface area contributed by atoms with Crippen LogP contribution >= 0.6 is 11.6 Å². The van der Waals surface area contributed by atoms with E-state index in [9.17, 15) is 9.32 Å². The molecule has 4 aliphatic rings. The van der Waals surface area contributed by atoms with Crippen LogP contribution in [0.3, 0.4) is 0 Å². The number of benzene rings is 1. The first-order valence-electron chi connectivity index (χ1n) is 11.7. The molecule has 1 atom stereocenters. The maximum atomic E-state index is 13.3. The number of hydrogen-bond donors (Lipinski definition) is 2. The van der Waals surface area contributed by atoms with Gasteiger partial charge in [0.25, 0.3) is 0 Å². The molecule has 0 bridgehead atoms. The van der Waals surface area contributed by atoms with E-state index in [1.165, 1.54) is 5.56 Å². The molecule has 1 spiro atoms. The fourth-order valence-corrected chi connectivity index (χ4v) is 7.34. The Morgan fingerprint density at radius 1 is 1.12 bits per heavy atom. The van der Waals surface area contributed by atoms with E-state index >= 15 is 0 Å². The highest BCUT2D eigenvalue weighted by atomic mass is 35.5. The third-order valence-electron chi connectivity index (χ3n) is 7.92. The van der Waals surface area contributed by atoms with Crippen molar-refractivity contribution in [3.05, 3.63) is 40.5 Å². The highest BCUT2D eigenvalue weighted by molar-refractivity contribution is 7.87. The SMILES string of the molecule is O=[S@@]1c2c(nc(N3CCC(c4ccc(Cl)cc4)CC3)nc2NC2(CO)CCC2)CC12CC2. The molecule has 6 rings (SSSR count). The molecule has 0 amide bonds. The van der Waals surface area contributed by atoms with Gasteiger partial charge < -0.3 is 15.3 Å². The maximum Gasteiger partial charge on any atom is 0.227 e. The minimum atomic E-state index is -1.07. The molecule has 3 fully saturated rings. The zero-order chi connectivity index (χ0) is 21.9. The first-order valence-corrected chi connectivity index (χ1v) is 13.3. The summed E-state index contributed by atoms with van der Waals surface area (Å²) in [5.41, 5.74) is 1.96. The summed E-state index contributed by atoms with van der Waals surface area (Å²) in [5, 5.41) is 14.3. The molecule has 1 aromatic heterocycles. The third-order valence-corrected chi connectivity index (χ3v) is 10.3. The van der Waals surface area contributed by atoms with Crippen molar-refractivity contribution in [3.63, 3.8) is 0 Å². The van der Waals surface area contributed by atoms with Crippen LogP contribution in [0.15, 0.2) is 29.2 Å². The molecule has 1 aromatic carbocycles.